The van der Waals surface area contributed by atoms with Gasteiger partial charge < -0.3 is 19.6 Å². The molecule has 198 valence electrons. The Morgan fingerprint density at radius 1 is 1.22 bits per heavy atom. The number of fused-ring (bicyclic) bond motifs is 1. The number of nitrogens with zero attached hydrogens (tertiary/aromatic N) is 3. The third kappa shape index (κ3) is 6.93. The van der Waals surface area contributed by atoms with E-state index < -0.39 is 5.97 Å². The first-order chi connectivity index (χ1) is 17.5. The average Bonchev–Trinajstić information content (AvgIpc) is 2.89. The minimum Gasteiger partial charge on any atom is -0.497 e. The van der Waals surface area contributed by atoms with E-state index in [2.05, 4.69) is 52.8 Å². The highest BCUT2D eigenvalue weighted by Crippen LogP contribution is 2.36. The third-order valence-corrected chi connectivity index (χ3v) is 9.61. The molecule has 1 N–H and O–H groups in total. The number of ether oxygens (including phenoxy) is 1. The molecule has 0 radical (unpaired) electrons. The Morgan fingerprint density at radius 3 is 2.75 bits per heavy atom. The van der Waals surface area contributed by atoms with E-state index in [-0.39, 0.29) is 17.9 Å². The van der Waals surface area contributed by atoms with Crippen LogP contribution in [0.4, 0.5) is 0 Å². The maximum atomic E-state index is 12.3. The van der Waals surface area contributed by atoms with E-state index in [1.165, 1.54) is 37.7 Å². The Hall–Kier alpha value is -1.83. The molecular formula is C29H43N3O3S. The highest BCUT2D eigenvalue weighted by atomic mass is 32.2. The molecule has 2 fully saturated rings. The highest BCUT2D eigenvalue weighted by Gasteiger charge is 2.34. The second-order valence-corrected chi connectivity index (χ2v) is 12.2. The lowest BCUT2D eigenvalue weighted by molar-refractivity contribution is -0.146. The number of pyridine rings is 1. The first-order valence-corrected chi connectivity index (χ1v) is 14.7. The summed E-state index contributed by atoms with van der Waals surface area (Å²) in [7, 11) is 5.91. The van der Waals surface area contributed by atoms with Crippen molar-refractivity contribution in [2.24, 2.45) is 11.8 Å². The van der Waals surface area contributed by atoms with Crippen LogP contribution in [-0.4, -0.2) is 77.7 Å². The van der Waals surface area contributed by atoms with E-state index in [1.807, 2.05) is 18.3 Å². The maximum Gasteiger partial charge on any atom is 0.308 e. The van der Waals surface area contributed by atoms with Crippen LogP contribution < -0.4 is 4.74 Å². The van der Waals surface area contributed by atoms with Crippen molar-refractivity contribution < 1.29 is 14.6 Å². The van der Waals surface area contributed by atoms with Crippen molar-refractivity contribution in [1.29, 1.82) is 0 Å². The van der Waals surface area contributed by atoms with Crippen molar-refractivity contribution in [3.05, 3.63) is 36.0 Å². The Labute approximate surface area is 220 Å². The fourth-order valence-corrected chi connectivity index (χ4v) is 7.47. The van der Waals surface area contributed by atoms with Crippen LogP contribution in [0.15, 0.2) is 30.5 Å². The number of rotatable bonds is 11. The molecule has 2 aliphatic rings. The van der Waals surface area contributed by atoms with Crippen LogP contribution in [0.1, 0.15) is 63.0 Å². The van der Waals surface area contributed by atoms with E-state index in [0.717, 1.165) is 60.0 Å². The number of thioether (sulfide) groups is 1. The lowest BCUT2D eigenvalue weighted by Crippen LogP contribution is -2.45. The number of aliphatic carboxylic acids is 1. The Bertz CT molecular complexity index is 995. The molecule has 7 heteroatoms. The molecule has 0 unspecified atom stereocenters. The smallest absolute Gasteiger partial charge is 0.308 e. The van der Waals surface area contributed by atoms with E-state index in [1.54, 1.807) is 7.11 Å². The van der Waals surface area contributed by atoms with Crippen molar-refractivity contribution in [2.45, 2.75) is 62.7 Å². The molecule has 0 amide bonds. The lowest BCUT2D eigenvalue weighted by Gasteiger charge is -2.38. The van der Waals surface area contributed by atoms with Crippen molar-refractivity contribution in [3.63, 3.8) is 0 Å². The second-order valence-electron chi connectivity index (χ2n) is 10.8. The minimum atomic E-state index is -0.634. The summed E-state index contributed by atoms with van der Waals surface area (Å²) in [6, 6.07) is 8.32. The zero-order chi connectivity index (χ0) is 25.5. The van der Waals surface area contributed by atoms with Crippen LogP contribution >= 0.6 is 11.8 Å². The van der Waals surface area contributed by atoms with Gasteiger partial charge in [0, 0.05) is 41.7 Å². The molecule has 1 saturated carbocycles. The highest BCUT2D eigenvalue weighted by molar-refractivity contribution is 7.99. The lowest BCUT2D eigenvalue weighted by atomic mass is 9.80. The largest absolute Gasteiger partial charge is 0.497 e. The molecule has 1 aromatic heterocycles. The van der Waals surface area contributed by atoms with Gasteiger partial charge in [0.2, 0.25) is 0 Å². The van der Waals surface area contributed by atoms with Crippen LogP contribution in [-0.2, 0) is 4.79 Å². The summed E-state index contributed by atoms with van der Waals surface area (Å²) in [5.74, 6) is 1.26. The third-order valence-electron chi connectivity index (χ3n) is 8.25. The minimum absolute atomic E-state index is 0.196. The van der Waals surface area contributed by atoms with Gasteiger partial charge in [-0.2, -0.15) is 11.8 Å². The van der Waals surface area contributed by atoms with Crippen molar-refractivity contribution >= 4 is 28.6 Å². The quantitative estimate of drug-likeness (QED) is 0.412. The summed E-state index contributed by atoms with van der Waals surface area (Å²) < 4.78 is 5.47. The van der Waals surface area contributed by atoms with Gasteiger partial charge in [0.05, 0.1) is 18.5 Å². The Kier molecular flexibility index (Phi) is 9.91. The number of aromatic nitrogens is 1. The molecule has 0 spiro atoms. The SMILES string of the molecule is COc1ccc2nccc([C@H](CC[C@@H]3CCN(CCSC4CCCCC4)C[C@@H]3C(=O)O)N(C)C)c2c1. The van der Waals surface area contributed by atoms with Gasteiger partial charge in [-0.15, -0.1) is 0 Å². The molecule has 1 aliphatic carbocycles. The van der Waals surface area contributed by atoms with Gasteiger partial charge in [0.15, 0.2) is 0 Å². The number of piperidine rings is 1. The van der Waals surface area contributed by atoms with Crippen molar-refractivity contribution in [1.82, 2.24) is 14.8 Å². The number of carbonyl (C=O) groups is 1. The molecule has 4 rings (SSSR count). The van der Waals surface area contributed by atoms with Crippen molar-refractivity contribution in [3.8, 4) is 5.75 Å². The number of benzene rings is 1. The molecular weight excluding hydrogens is 470 g/mol. The summed E-state index contributed by atoms with van der Waals surface area (Å²) in [6.07, 6.45) is 11.6. The molecule has 1 aliphatic heterocycles. The van der Waals surface area contributed by atoms with Gasteiger partial charge in [-0.05, 0) is 88.5 Å². The molecule has 2 heterocycles. The monoisotopic (exact) mass is 513 g/mol. The van der Waals surface area contributed by atoms with Crippen LogP contribution in [0.3, 0.4) is 0 Å². The van der Waals surface area contributed by atoms with Crippen LogP contribution in [0.25, 0.3) is 10.9 Å². The van der Waals surface area contributed by atoms with Gasteiger partial charge >= 0.3 is 5.97 Å². The summed E-state index contributed by atoms with van der Waals surface area (Å²) in [4.78, 5) is 21.5. The predicted molar refractivity (Wildman–Crippen MR) is 149 cm³/mol. The fraction of sp³-hybridized carbons (Fsp3) is 0.655. The van der Waals surface area contributed by atoms with Gasteiger partial charge in [0.1, 0.15) is 5.75 Å². The maximum absolute atomic E-state index is 12.3. The fourth-order valence-electron chi connectivity index (χ4n) is 6.10. The topological polar surface area (TPSA) is 65.9 Å². The number of carboxylic acid groups (broad SMARTS) is 1. The second kappa shape index (κ2) is 13.1. The first-order valence-electron chi connectivity index (χ1n) is 13.6. The molecule has 3 atom stereocenters. The zero-order valence-electron chi connectivity index (χ0n) is 22.2. The molecule has 1 aromatic carbocycles. The van der Waals surface area contributed by atoms with Gasteiger partial charge in [0.25, 0.3) is 0 Å². The van der Waals surface area contributed by atoms with E-state index in [9.17, 15) is 9.90 Å². The summed E-state index contributed by atoms with van der Waals surface area (Å²) in [5.41, 5.74) is 2.19. The molecule has 0 bridgehead atoms. The summed E-state index contributed by atoms with van der Waals surface area (Å²) >= 11 is 2.11. The summed E-state index contributed by atoms with van der Waals surface area (Å²) in [6.45, 7) is 2.72. The molecule has 2 aromatic rings. The van der Waals surface area contributed by atoms with E-state index >= 15 is 0 Å². The van der Waals surface area contributed by atoms with Gasteiger partial charge in [-0.1, -0.05) is 19.3 Å². The van der Waals surface area contributed by atoms with Gasteiger partial charge in [-0.25, -0.2) is 0 Å². The van der Waals surface area contributed by atoms with Crippen molar-refractivity contribution in [2.75, 3.05) is 46.6 Å². The van der Waals surface area contributed by atoms with Gasteiger partial charge in [-0.3, -0.25) is 9.78 Å². The number of hydrogen-bond donors (Lipinski definition) is 1. The zero-order valence-corrected chi connectivity index (χ0v) is 23.0. The Balaban J connectivity index is 1.37. The Morgan fingerprint density at radius 2 is 2.03 bits per heavy atom. The number of likely N-dealkylation sites (tertiary alicyclic amines) is 1. The van der Waals surface area contributed by atoms with Crippen LogP contribution in [0.5, 0.6) is 5.75 Å². The molecule has 36 heavy (non-hydrogen) atoms. The average molecular weight is 514 g/mol. The molecule has 1 saturated heterocycles. The standard InChI is InChI=1S/C29H43N3O3S/c1-31(2)28(24-13-15-30-27-11-10-22(35-3)19-25(24)27)12-9-21-14-16-32(20-26(21)29(33)34)17-18-36-23-7-5-4-6-8-23/h10-11,13,15,19,21,23,26,28H,4-9,12,14,16-18,20H2,1-3H3,(H,33,34)/t21-,26+,28+/m1/s1. The number of hydrogen-bond acceptors (Lipinski definition) is 6. The first kappa shape index (κ1) is 27.2. The van der Waals surface area contributed by atoms with Crippen LogP contribution in [0, 0.1) is 11.8 Å². The number of carboxylic acids is 1. The molecule has 6 nitrogen and oxygen atoms in total. The van der Waals surface area contributed by atoms with E-state index in [4.69, 9.17) is 4.74 Å². The normalized spacial score (nSPS) is 22.7. The van der Waals surface area contributed by atoms with Crippen LogP contribution in [0.2, 0.25) is 0 Å². The number of methoxy groups -OCH3 is 1. The predicted octanol–water partition coefficient (Wildman–Crippen LogP) is 5.71. The summed E-state index contributed by atoms with van der Waals surface area (Å²) in [5, 5.41) is 12.0. The van der Waals surface area contributed by atoms with E-state index in [0.29, 0.717) is 6.54 Å².